The van der Waals surface area contributed by atoms with Gasteiger partial charge < -0.3 is 5.73 Å². The zero-order valence-corrected chi connectivity index (χ0v) is 12.5. The molecule has 19 heavy (non-hydrogen) atoms. The number of nitrogen functional groups attached to an aromatic ring is 1. The summed E-state index contributed by atoms with van der Waals surface area (Å²) in [6, 6.07) is 8.24. The van der Waals surface area contributed by atoms with Gasteiger partial charge in [0.15, 0.2) is 0 Å². The highest BCUT2D eigenvalue weighted by Crippen LogP contribution is 2.24. The van der Waals surface area contributed by atoms with Crippen molar-refractivity contribution in [3.63, 3.8) is 0 Å². The smallest absolute Gasteiger partial charge is 0.264 e. The molecule has 0 aliphatic heterocycles. The molecule has 7 heteroatoms. The van der Waals surface area contributed by atoms with Crippen molar-refractivity contribution < 1.29 is 8.42 Å². The minimum absolute atomic E-state index is 0.160. The second kappa shape index (κ2) is 5.18. The fourth-order valence-electron chi connectivity index (χ4n) is 1.55. The largest absolute Gasteiger partial charge is 0.397 e. The van der Waals surface area contributed by atoms with E-state index in [4.69, 9.17) is 5.73 Å². The van der Waals surface area contributed by atoms with E-state index in [0.717, 1.165) is 0 Å². The van der Waals surface area contributed by atoms with Gasteiger partial charge in [-0.2, -0.15) is 0 Å². The normalized spacial score (nSPS) is 11.3. The van der Waals surface area contributed by atoms with Gasteiger partial charge in [-0.1, -0.05) is 12.1 Å². The number of halogens is 1. The van der Waals surface area contributed by atoms with Crippen LogP contribution in [-0.2, 0) is 10.0 Å². The Labute approximate surface area is 120 Å². The van der Waals surface area contributed by atoms with E-state index >= 15 is 0 Å². The first kappa shape index (κ1) is 13.8. The molecule has 0 atom stereocenters. The number of nitrogens with one attached hydrogen (secondary N) is 1. The van der Waals surface area contributed by atoms with E-state index in [2.05, 4.69) is 25.6 Å². The van der Waals surface area contributed by atoms with Gasteiger partial charge in [-0.25, -0.2) is 13.4 Å². The Balaban J connectivity index is 2.40. The number of benzene rings is 1. The third-order valence-corrected chi connectivity index (χ3v) is 4.81. The summed E-state index contributed by atoms with van der Waals surface area (Å²) in [5, 5.41) is 0. The summed E-state index contributed by atoms with van der Waals surface area (Å²) < 4.78 is 27.4. The summed E-state index contributed by atoms with van der Waals surface area (Å²) in [7, 11) is -3.68. The molecule has 0 bridgehead atoms. The number of rotatable bonds is 3. The Morgan fingerprint density at radius 2 is 2.00 bits per heavy atom. The number of aryl methyl sites for hydroxylation is 1. The lowest BCUT2D eigenvalue weighted by molar-refractivity contribution is 0.600. The second-order valence-corrected chi connectivity index (χ2v) is 6.48. The van der Waals surface area contributed by atoms with Crippen LogP contribution in [0.25, 0.3) is 0 Å². The Hall–Kier alpha value is -1.60. The summed E-state index contributed by atoms with van der Waals surface area (Å²) in [5.41, 5.74) is 6.73. The minimum atomic E-state index is -3.68. The third-order valence-electron chi connectivity index (χ3n) is 2.46. The molecule has 1 aromatic carbocycles. The van der Waals surface area contributed by atoms with Crippen molar-refractivity contribution in [2.24, 2.45) is 0 Å². The van der Waals surface area contributed by atoms with Crippen molar-refractivity contribution in [2.45, 2.75) is 11.8 Å². The van der Waals surface area contributed by atoms with Gasteiger partial charge in [0, 0.05) is 4.47 Å². The lowest BCUT2D eigenvalue weighted by atomic mass is 10.3. The molecule has 0 spiro atoms. The molecule has 2 rings (SSSR count). The van der Waals surface area contributed by atoms with Gasteiger partial charge in [0.1, 0.15) is 10.7 Å². The van der Waals surface area contributed by atoms with Crippen molar-refractivity contribution >= 4 is 37.5 Å². The topological polar surface area (TPSA) is 85.1 Å². The zero-order valence-electron chi connectivity index (χ0n) is 10.1. The van der Waals surface area contributed by atoms with Crippen LogP contribution in [0.1, 0.15) is 5.56 Å². The Kier molecular flexibility index (Phi) is 3.77. The molecule has 5 nitrogen and oxygen atoms in total. The molecule has 0 fully saturated rings. The van der Waals surface area contributed by atoms with Crippen LogP contribution in [0.5, 0.6) is 0 Å². The number of hydrogen-bond donors (Lipinski definition) is 2. The highest BCUT2D eigenvalue weighted by Gasteiger charge is 2.18. The number of sulfonamides is 1. The third kappa shape index (κ3) is 3.05. The fourth-order valence-corrected chi connectivity index (χ4v) is 3.63. The predicted octanol–water partition coefficient (Wildman–Crippen LogP) is 2.54. The predicted molar refractivity (Wildman–Crippen MR) is 78.3 cm³/mol. The maximum atomic E-state index is 12.2. The number of hydrogen-bond acceptors (Lipinski definition) is 4. The monoisotopic (exact) mass is 341 g/mol. The molecule has 100 valence electrons. The highest BCUT2D eigenvalue weighted by atomic mass is 79.9. The zero-order chi connectivity index (χ0) is 14.0. The van der Waals surface area contributed by atoms with E-state index < -0.39 is 10.0 Å². The van der Waals surface area contributed by atoms with Gasteiger partial charge in [-0.05, 0) is 46.6 Å². The summed E-state index contributed by atoms with van der Waals surface area (Å²) in [4.78, 5) is 4.15. The maximum Gasteiger partial charge on any atom is 0.264 e. The average molecular weight is 342 g/mol. The lowest BCUT2D eigenvalue weighted by Crippen LogP contribution is -2.15. The molecule has 0 radical (unpaired) electrons. The van der Waals surface area contributed by atoms with Crippen LogP contribution in [0, 0.1) is 6.92 Å². The van der Waals surface area contributed by atoms with Crippen LogP contribution in [0.4, 0.5) is 11.5 Å². The molecular weight excluding hydrogens is 330 g/mol. The second-order valence-electron chi connectivity index (χ2n) is 3.97. The van der Waals surface area contributed by atoms with E-state index in [1.54, 1.807) is 31.2 Å². The van der Waals surface area contributed by atoms with Gasteiger partial charge in [-0.15, -0.1) is 0 Å². The van der Waals surface area contributed by atoms with Gasteiger partial charge in [0.25, 0.3) is 10.0 Å². The van der Waals surface area contributed by atoms with Crippen molar-refractivity contribution in [3.05, 3.63) is 46.6 Å². The first-order valence-electron chi connectivity index (χ1n) is 5.39. The molecule has 2 aromatic rings. The van der Waals surface area contributed by atoms with Crippen molar-refractivity contribution in [2.75, 3.05) is 10.5 Å². The van der Waals surface area contributed by atoms with Crippen LogP contribution in [-0.4, -0.2) is 13.4 Å². The van der Waals surface area contributed by atoms with E-state index in [1.807, 2.05) is 0 Å². The van der Waals surface area contributed by atoms with E-state index in [1.165, 1.54) is 12.3 Å². The molecule has 0 amide bonds. The molecule has 0 aliphatic carbocycles. The van der Waals surface area contributed by atoms with E-state index in [-0.39, 0.29) is 10.7 Å². The molecule has 0 unspecified atom stereocenters. The summed E-state index contributed by atoms with van der Waals surface area (Å²) in [6.45, 7) is 1.74. The highest BCUT2D eigenvalue weighted by molar-refractivity contribution is 9.10. The molecule has 3 N–H and O–H groups in total. The van der Waals surface area contributed by atoms with Crippen LogP contribution in [0.2, 0.25) is 0 Å². The Morgan fingerprint density at radius 1 is 1.32 bits per heavy atom. The molecule has 0 saturated carbocycles. The van der Waals surface area contributed by atoms with Gasteiger partial charge in [0.05, 0.1) is 11.9 Å². The maximum absolute atomic E-state index is 12.2. The average Bonchev–Trinajstić information content (AvgIpc) is 2.33. The summed E-state index contributed by atoms with van der Waals surface area (Å²) >= 11 is 3.22. The number of pyridine rings is 1. The number of aromatic nitrogens is 1. The molecule has 1 heterocycles. The van der Waals surface area contributed by atoms with Crippen molar-refractivity contribution in [1.29, 1.82) is 0 Å². The van der Waals surface area contributed by atoms with Crippen LogP contribution < -0.4 is 10.5 Å². The SMILES string of the molecule is Cc1cc(N)cnc1NS(=O)(=O)c1ccccc1Br. The van der Waals surface area contributed by atoms with E-state index in [0.29, 0.717) is 15.7 Å². The van der Waals surface area contributed by atoms with Crippen LogP contribution in [0.3, 0.4) is 0 Å². The first-order chi connectivity index (χ1) is 8.90. The minimum Gasteiger partial charge on any atom is -0.397 e. The Morgan fingerprint density at radius 3 is 2.63 bits per heavy atom. The Bertz CT molecular complexity index is 717. The number of nitrogens with zero attached hydrogens (tertiary/aromatic N) is 1. The quantitative estimate of drug-likeness (QED) is 0.898. The van der Waals surface area contributed by atoms with Crippen LogP contribution >= 0.6 is 15.9 Å². The molecule has 0 aliphatic rings. The van der Waals surface area contributed by atoms with Gasteiger partial charge >= 0.3 is 0 Å². The van der Waals surface area contributed by atoms with Crippen molar-refractivity contribution in [3.8, 4) is 0 Å². The van der Waals surface area contributed by atoms with Crippen molar-refractivity contribution in [1.82, 2.24) is 4.98 Å². The molecular formula is C12H12BrN3O2S. The summed E-state index contributed by atoms with van der Waals surface area (Å²) in [5.74, 6) is 0.268. The fraction of sp³-hybridized carbons (Fsp3) is 0.0833. The van der Waals surface area contributed by atoms with Gasteiger partial charge in [-0.3, -0.25) is 4.72 Å². The molecule has 1 aromatic heterocycles. The summed E-state index contributed by atoms with van der Waals surface area (Å²) in [6.07, 6.45) is 1.41. The standard InChI is InChI=1S/C12H12BrN3O2S/c1-8-6-9(14)7-15-12(8)16-19(17,18)11-5-3-2-4-10(11)13/h2-7H,14H2,1H3,(H,15,16). The van der Waals surface area contributed by atoms with Crippen LogP contribution in [0.15, 0.2) is 45.9 Å². The van der Waals surface area contributed by atoms with E-state index in [9.17, 15) is 8.42 Å². The molecule has 0 saturated heterocycles. The first-order valence-corrected chi connectivity index (χ1v) is 7.67. The lowest BCUT2D eigenvalue weighted by Gasteiger charge is -2.11. The number of nitrogens with two attached hydrogens (primary N) is 1. The van der Waals surface area contributed by atoms with Gasteiger partial charge in [0.2, 0.25) is 0 Å². The number of anilines is 2.